The molecular formula is C26H25N3O5. The molecule has 8 heteroatoms. The molecule has 2 aliphatic heterocycles. The lowest BCUT2D eigenvalue weighted by Gasteiger charge is -2.30. The van der Waals surface area contributed by atoms with Crippen molar-refractivity contribution in [2.24, 2.45) is 0 Å². The van der Waals surface area contributed by atoms with E-state index in [0.717, 1.165) is 11.1 Å². The Morgan fingerprint density at radius 1 is 1.09 bits per heavy atom. The maximum atomic E-state index is 13.3. The van der Waals surface area contributed by atoms with Gasteiger partial charge >= 0.3 is 0 Å². The second kappa shape index (κ2) is 8.46. The first-order valence-electron chi connectivity index (χ1n) is 11.1. The summed E-state index contributed by atoms with van der Waals surface area (Å²) in [5.41, 5.74) is 1.63. The number of nitrogens with one attached hydrogen (secondary N) is 1. The Morgan fingerprint density at radius 3 is 2.56 bits per heavy atom. The van der Waals surface area contributed by atoms with Gasteiger partial charge in [-0.15, -0.1) is 0 Å². The van der Waals surface area contributed by atoms with Crippen LogP contribution in [-0.2, 0) is 16.9 Å². The molecule has 1 amide bonds. The van der Waals surface area contributed by atoms with E-state index in [1.807, 2.05) is 42.5 Å². The highest BCUT2D eigenvalue weighted by atomic mass is 16.6. The molecule has 0 radical (unpaired) electrons. The molecule has 3 aromatic rings. The van der Waals surface area contributed by atoms with E-state index in [1.54, 1.807) is 49.4 Å². The minimum Gasteiger partial charge on any atom is -0.493 e. The van der Waals surface area contributed by atoms with Crippen molar-refractivity contribution < 1.29 is 19.2 Å². The van der Waals surface area contributed by atoms with Crippen LogP contribution in [-0.4, -0.2) is 42.5 Å². The summed E-state index contributed by atoms with van der Waals surface area (Å²) < 4.78 is 11.5. The first-order valence-corrected chi connectivity index (χ1v) is 11.1. The second-order valence-corrected chi connectivity index (χ2v) is 8.67. The molecule has 3 atom stereocenters. The van der Waals surface area contributed by atoms with E-state index in [2.05, 4.69) is 5.32 Å². The van der Waals surface area contributed by atoms with Crippen LogP contribution in [0, 0.1) is 10.1 Å². The van der Waals surface area contributed by atoms with E-state index in [4.69, 9.17) is 9.47 Å². The Morgan fingerprint density at radius 2 is 1.82 bits per heavy atom. The maximum Gasteiger partial charge on any atom is 0.256 e. The zero-order valence-corrected chi connectivity index (χ0v) is 18.9. The molecule has 0 aromatic heterocycles. The minimum absolute atomic E-state index is 0.317. The van der Waals surface area contributed by atoms with Crippen LogP contribution in [0.15, 0.2) is 72.8 Å². The van der Waals surface area contributed by atoms with Crippen LogP contribution in [0.4, 0.5) is 5.69 Å². The van der Waals surface area contributed by atoms with E-state index in [9.17, 15) is 14.9 Å². The average molecular weight is 460 g/mol. The molecule has 8 nitrogen and oxygen atoms in total. The lowest BCUT2D eigenvalue weighted by Crippen LogP contribution is -2.54. The summed E-state index contributed by atoms with van der Waals surface area (Å²) >= 11 is 0. The summed E-state index contributed by atoms with van der Waals surface area (Å²) in [5.74, 6) is 0.164. The third-order valence-corrected chi connectivity index (χ3v) is 6.89. The van der Waals surface area contributed by atoms with Gasteiger partial charge in [0.05, 0.1) is 13.0 Å². The molecule has 2 heterocycles. The monoisotopic (exact) mass is 459 g/mol. The van der Waals surface area contributed by atoms with E-state index >= 15 is 0 Å². The number of hydrogen-bond acceptors (Lipinski definition) is 6. The van der Waals surface area contributed by atoms with Gasteiger partial charge in [-0.05, 0) is 36.4 Å². The average Bonchev–Trinajstić information content (AvgIpc) is 3.33. The van der Waals surface area contributed by atoms with Crippen molar-refractivity contribution in [2.45, 2.75) is 24.1 Å². The number of fused-ring (bicyclic) bond motifs is 2. The van der Waals surface area contributed by atoms with Gasteiger partial charge in [0.2, 0.25) is 0 Å². The first kappa shape index (κ1) is 21.9. The number of nitro groups is 1. The Hall–Kier alpha value is -3.91. The number of anilines is 1. The summed E-state index contributed by atoms with van der Waals surface area (Å²) in [4.78, 5) is 27.2. The number of rotatable bonds is 6. The van der Waals surface area contributed by atoms with Crippen molar-refractivity contribution in [1.82, 2.24) is 4.90 Å². The maximum absolute atomic E-state index is 13.3. The number of benzene rings is 3. The molecule has 1 fully saturated rings. The van der Waals surface area contributed by atoms with Crippen molar-refractivity contribution in [1.29, 1.82) is 0 Å². The van der Waals surface area contributed by atoms with Crippen molar-refractivity contribution in [3.63, 3.8) is 0 Å². The SMILES string of the molecule is COc1cc([C@@H]2CN(C)[C@@]3(C(=O)Nc4ccccc43)[C@H]2[N+](=O)[O-])ccc1OCc1ccccc1. The number of methoxy groups -OCH3 is 1. The van der Waals surface area contributed by atoms with Gasteiger partial charge in [0, 0.05) is 22.7 Å². The number of likely N-dealkylation sites (N-methyl/N-ethyl adjacent to an activating group) is 1. The zero-order chi connectivity index (χ0) is 23.9. The normalized spacial score (nSPS) is 23.5. The van der Waals surface area contributed by atoms with E-state index in [1.165, 1.54) is 0 Å². The second-order valence-electron chi connectivity index (χ2n) is 8.67. The number of likely N-dealkylation sites (tertiary alicyclic amines) is 1. The number of carbonyl (C=O) groups is 1. The van der Waals surface area contributed by atoms with Crippen molar-refractivity contribution in [3.8, 4) is 11.5 Å². The van der Waals surface area contributed by atoms with Crippen LogP contribution >= 0.6 is 0 Å². The first-order chi connectivity index (χ1) is 16.5. The van der Waals surface area contributed by atoms with Crippen molar-refractivity contribution >= 4 is 11.6 Å². The summed E-state index contributed by atoms with van der Waals surface area (Å²) in [6, 6.07) is 21.2. The molecule has 5 rings (SSSR count). The molecule has 1 spiro atoms. The molecule has 0 aliphatic carbocycles. The predicted molar refractivity (Wildman–Crippen MR) is 127 cm³/mol. The van der Waals surface area contributed by atoms with Crippen molar-refractivity contribution in [3.05, 3.63) is 99.6 Å². The van der Waals surface area contributed by atoms with Crippen LogP contribution in [0.5, 0.6) is 11.5 Å². The van der Waals surface area contributed by atoms with Crippen LogP contribution in [0.1, 0.15) is 22.6 Å². The highest BCUT2D eigenvalue weighted by molar-refractivity contribution is 6.06. The largest absolute Gasteiger partial charge is 0.493 e. The van der Waals surface area contributed by atoms with Gasteiger partial charge in [-0.2, -0.15) is 0 Å². The molecule has 174 valence electrons. The number of amides is 1. The lowest BCUT2D eigenvalue weighted by molar-refractivity contribution is -0.534. The smallest absolute Gasteiger partial charge is 0.256 e. The molecule has 0 saturated carbocycles. The number of nitrogens with zero attached hydrogens (tertiary/aromatic N) is 2. The predicted octanol–water partition coefficient (Wildman–Crippen LogP) is 3.80. The van der Waals surface area contributed by atoms with Crippen molar-refractivity contribution in [2.75, 3.05) is 26.0 Å². The van der Waals surface area contributed by atoms with E-state index in [0.29, 0.717) is 35.9 Å². The van der Waals surface area contributed by atoms with E-state index < -0.39 is 17.5 Å². The summed E-state index contributed by atoms with van der Waals surface area (Å²) in [6.45, 7) is 0.723. The Kier molecular flexibility index (Phi) is 5.45. The molecule has 3 aromatic carbocycles. The van der Waals surface area contributed by atoms with Gasteiger partial charge in [0.15, 0.2) is 17.0 Å². The molecule has 0 unspecified atom stereocenters. The highest BCUT2D eigenvalue weighted by Crippen LogP contribution is 2.52. The number of hydrogen-bond donors (Lipinski definition) is 1. The number of para-hydroxylation sites is 1. The van der Waals surface area contributed by atoms with Gasteiger partial charge in [-0.3, -0.25) is 19.8 Å². The van der Waals surface area contributed by atoms with Crippen LogP contribution in [0.25, 0.3) is 0 Å². The molecule has 0 bridgehead atoms. The fourth-order valence-electron chi connectivity index (χ4n) is 5.35. The van der Waals surface area contributed by atoms with Crippen LogP contribution in [0.3, 0.4) is 0 Å². The Labute approximate surface area is 197 Å². The topological polar surface area (TPSA) is 93.9 Å². The fraction of sp³-hybridized carbons (Fsp3) is 0.269. The van der Waals surface area contributed by atoms with Gasteiger partial charge in [-0.1, -0.05) is 54.6 Å². The van der Waals surface area contributed by atoms with Gasteiger partial charge in [0.25, 0.3) is 11.9 Å². The van der Waals surface area contributed by atoms with Crippen LogP contribution in [0.2, 0.25) is 0 Å². The standard InChI is InChI=1S/C26H25N3O5/c1-28-15-19(24(29(31)32)26(28)20-10-6-7-11-21(20)27-25(26)30)18-12-13-22(23(14-18)33-2)34-16-17-8-4-3-5-9-17/h3-14,19,24H,15-16H2,1-2H3,(H,27,30)/t19-,24-,26+/m0/s1. The Balaban J connectivity index is 1.50. The van der Waals surface area contributed by atoms with Gasteiger partial charge < -0.3 is 14.8 Å². The fourth-order valence-corrected chi connectivity index (χ4v) is 5.35. The van der Waals surface area contributed by atoms with E-state index in [-0.39, 0.29) is 10.8 Å². The molecule has 2 aliphatic rings. The number of carbonyl (C=O) groups excluding carboxylic acids is 1. The van der Waals surface area contributed by atoms with Gasteiger partial charge in [0.1, 0.15) is 6.61 Å². The molecule has 1 saturated heterocycles. The van der Waals surface area contributed by atoms with Crippen LogP contribution < -0.4 is 14.8 Å². The lowest BCUT2D eigenvalue weighted by atomic mass is 9.79. The summed E-state index contributed by atoms with van der Waals surface area (Å²) in [7, 11) is 3.31. The Bertz CT molecular complexity index is 1250. The molecule has 34 heavy (non-hydrogen) atoms. The van der Waals surface area contributed by atoms with Gasteiger partial charge in [-0.25, -0.2) is 0 Å². The number of ether oxygens (including phenoxy) is 2. The summed E-state index contributed by atoms with van der Waals surface area (Å²) in [6.07, 6.45) is 0. The highest BCUT2D eigenvalue weighted by Gasteiger charge is 2.68. The quantitative estimate of drug-likeness (QED) is 0.445. The molecule has 1 N–H and O–H groups in total. The molecular weight excluding hydrogens is 434 g/mol. The summed E-state index contributed by atoms with van der Waals surface area (Å²) in [5, 5.41) is 15.3. The third kappa shape index (κ3) is 3.30. The zero-order valence-electron chi connectivity index (χ0n) is 18.9. The third-order valence-electron chi connectivity index (χ3n) is 6.89. The minimum atomic E-state index is -1.37.